The van der Waals surface area contributed by atoms with Crippen LogP contribution in [0, 0.1) is 11.8 Å². The summed E-state index contributed by atoms with van der Waals surface area (Å²) < 4.78 is 10.9. The standard InChI is InChI=1S/C18H17NO4/c1-18(2,21)10-9-12-7-8-16(23-12)17(20)19-14-11-22-15-6-4-3-5-13(14)15/h3-8,14,21H,11H2,1-2H3,(H,19,20)/t14-/m1/s1. The van der Waals surface area contributed by atoms with Crippen LogP contribution < -0.4 is 10.1 Å². The molecule has 5 heteroatoms. The van der Waals surface area contributed by atoms with E-state index in [1.54, 1.807) is 26.0 Å². The van der Waals surface area contributed by atoms with Crippen molar-refractivity contribution in [3.63, 3.8) is 0 Å². The van der Waals surface area contributed by atoms with Crippen molar-refractivity contribution >= 4 is 5.91 Å². The molecule has 2 aromatic rings. The van der Waals surface area contributed by atoms with Crippen LogP contribution in [-0.4, -0.2) is 23.2 Å². The molecule has 2 heterocycles. The first kappa shape index (κ1) is 15.2. The van der Waals surface area contributed by atoms with Gasteiger partial charge in [-0.3, -0.25) is 4.79 Å². The van der Waals surface area contributed by atoms with Gasteiger partial charge >= 0.3 is 0 Å². The van der Waals surface area contributed by atoms with E-state index < -0.39 is 5.60 Å². The summed E-state index contributed by atoms with van der Waals surface area (Å²) in [4.78, 5) is 12.3. The van der Waals surface area contributed by atoms with Crippen molar-refractivity contribution in [1.82, 2.24) is 5.32 Å². The molecule has 1 atom stereocenters. The SMILES string of the molecule is CC(C)(O)C#Cc1ccc(C(=O)N[C@@H]2COc3ccccc32)o1. The zero-order valence-corrected chi connectivity index (χ0v) is 12.9. The molecule has 5 nitrogen and oxygen atoms in total. The summed E-state index contributed by atoms with van der Waals surface area (Å²) >= 11 is 0. The third-order valence-electron chi connectivity index (χ3n) is 3.33. The van der Waals surface area contributed by atoms with Gasteiger partial charge < -0.3 is 19.6 Å². The van der Waals surface area contributed by atoms with Crippen molar-refractivity contribution in [1.29, 1.82) is 0 Å². The van der Waals surface area contributed by atoms with E-state index in [1.165, 1.54) is 0 Å². The number of hydrogen-bond donors (Lipinski definition) is 2. The highest BCUT2D eigenvalue weighted by Gasteiger charge is 2.26. The van der Waals surface area contributed by atoms with Gasteiger partial charge in [0.15, 0.2) is 11.5 Å². The number of para-hydroxylation sites is 1. The van der Waals surface area contributed by atoms with Gasteiger partial charge in [0.2, 0.25) is 0 Å². The Bertz CT molecular complexity index is 789. The molecular formula is C18H17NO4. The summed E-state index contributed by atoms with van der Waals surface area (Å²) in [5.41, 5.74) is -0.158. The van der Waals surface area contributed by atoms with Crippen LogP contribution in [0.15, 0.2) is 40.8 Å². The highest BCUT2D eigenvalue weighted by atomic mass is 16.5. The zero-order valence-electron chi connectivity index (χ0n) is 12.9. The molecule has 0 saturated carbocycles. The number of aliphatic hydroxyl groups is 1. The molecule has 118 valence electrons. The lowest BCUT2D eigenvalue weighted by atomic mass is 10.1. The fraction of sp³-hybridized carbons (Fsp3) is 0.278. The number of hydrogen-bond acceptors (Lipinski definition) is 4. The van der Waals surface area contributed by atoms with E-state index in [1.807, 2.05) is 24.3 Å². The third kappa shape index (κ3) is 3.55. The van der Waals surface area contributed by atoms with Gasteiger partial charge in [0.25, 0.3) is 5.91 Å². The van der Waals surface area contributed by atoms with Crippen molar-refractivity contribution in [3.8, 4) is 17.6 Å². The highest BCUT2D eigenvalue weighted by Crippen LogP contribution is 2.31. The van der Waals surface area contributed by atoms with Crippen molar-refractivity contribution < 1.29 is 19.1 Å². The number of furan rings is 1. The number of fused-ring (bicyclic) bond motifs is 1. The summed E-state index contributed by atoms with van der Waals surface area (Å²) in [6, 6.07) is 10.6. The molecule has 0 radical (unpaired) electrons. The normalized spacial score (nSPS) is 16.0. The minimum Gasteiger partial charge on any atom is -0.491 e. The fourth-order valence-electron chi connectivity index (χ4n) is 2.25. The van der Waals surface area contributed by atoms with Crippen LogP contribution in [0.1, 0.15) is 41.8 Å². The van der Waals surface area contributed by atoms with Gasteiger partial charge in [-0.25, -0.2) is 0 Å². The molecule has 1 aliphatic heterocycles. The lowest BCUT2D eigenvalue weighted by Gasteiger charge is -2.10. The maximum absolute atomic E-state index is 12.3. The predicted molar refractivity (Wildman–Crippen MR) is 84.0 cm³/mol. The maximum atomic E-state index is 12.3. The Morgan fingerprint density at radius 1 is 1.30 bits per heavy atom. The molecular weight excluding hydrogens is 294 g/mol. The van der Waals surface area contributed by atoms with Gasteiger partial charge in [-0.05, 0) is 38.0 Å². The summed E-state index contributed by atoms with van der Waals surface area (Å²) in [6.45, 7) is 3.55. The molecule has 0 unspecified atom stereocenters. The quantitative estimate of drug-likeness (QED) is 0.835. The van der Waals surface area contributed by atoms with Gasteiger partial charge in [0.05, 0.1) is 6.04 Å². The number of amides is 1. The second-order valence-electron chi connectivity index (χ2n) is 5.85. The van der Waals surface area contributed by atoms with E-state index in [0.717, 1.165) is 11.3 Å². The molecule has 0 fully saturated rings. The van der Waals surface area contributed by atoms with Gasteiger partial charge in [-0.1, -0.05) is 24.1 Å². The Morgan fingerprint density at radius 2 is 2.09 bits per heavy atom. The Morgan fingerprint density at radius 3 is 2.87 bits per heavy atom. The number of carbonyl (C=O) groups is 1. The Hall–Kier alpha value is -2.71. The Labute approximate surface area is 134 Å². The molecule has 0 spiro atoms. The molecule has 1 aromatic carbocycles. The predicted octanol–water partition coefficient (Wildman–Crippen LogP) is 2.27. The average molecular weight is 311 g/mol. The summed E-state index contributed by atoms with van der Waals surface area (Å²) in [5.74, 6) is 6.30. The summed E-state index contributed by atoms with van der Waals surface area (Å²) in [7, 11) is 0. The minimum atomic E-state index is -1.11. The second kappa shape index (κ2) is 5.82. The third-order valence-corrected chi connectivity index (χ3v) is 3.33. The first-order chi connectivity index (χ1) is 10.9. The van der Waals surface area contributed by atoms with E-state index in [-0.39, 0.29) is 17.7 Å². The molecule has 1 aliphatic rings. The summed E-state index contributed by atoms with van der Waals surface area (Å²) in [5, 5.41) is 12.5. The van der Waals surface area contributed by atoms with Gasteiger partial charge in [-0.2, -0.15) is 0 Å². The topological polar surface area (TPSA) is 71.7 Å². The number of carbonyl (C=O) groups excluding carboxylic acids is 1. The molecule has 1 amide bonds. The Balaban J connectivity index is 1.70. The molecule has 0 saturated heterocycles. The van der Waals surface area contributed by atoms with Crippen LogP contribution in [-0.2, 0) is 0 Å². The van der Waals surface area contributed by atoms with Crippen molar-refractivity contribution in [2.24, 2.45) is 0 Å². The van der Waals surface area contributed by atoms with Crippen LogP contribution in [0.3, 0.4) is 0 Å². The van der Waals surface area contributed by atoms with Crippen molar-refractivity contribution in [2.75, 3.05) is 6.61 Å². The van der Waals surface area contributed by atoms with Crippen LogP contribution in [0.4, 0.5) is 0 Å². The largest absolute Gasteiger partial charge is 0.491 e. The van der Waals surface area contributed by atoms with Gasteiger partial charge in [0.1, 0.15) is 18.0 Å². The lowest BCUT2D eigenvalue weighted by molar-refractivity contribution is 0.0901. The first-order valence-corrected chi connectivity index (χ1v) is 7.30. The first-order valence-electron chi connectivity index (χ1n) is 7.30. The van der Waals surface area contributed by atoms with E-state index in [2.05, 4.69) is 17.2 Å². The van der Waals surface area contributed by atoms with E-state index in [4.69, 9.17) is 9.15 Å². The molecule has 2 N–H and O–H groups in total. The van der Waals surface area contributed by atoms with Crippen LogP contribution in [0.2, 0.25) is 0 Å². The number of nitrogens with one attached hydrogen (secondary N) is 1. The summed E-state index contributed by atoms with van der Waals surface area (Å²) in [6.07, 6.45) is 0. The minimum absolute atomic E-state index is 0.175. The van der Waals surface area contributed by atoms with Gasteiger partial charge in [0, 0.05) is 5.56 Å². The van der Waals surface area contributed by atoms with Gasteiger partial charge in [-0.15, -0.1) is 0 Å². The van der Waals surface area contributed by atoms with Crippen molar-refractivity contribution in [2.45, 2.75) is 25.5 Å². The molecule has 0 bridgehead atoms. The monoisotopic (exact) mass is 311 g/mol. The van der Waals surface area contributed by atoms with Crippen LogP contribution >= 0.6 is 0 Å². The lowest BCUT2D eigenvalue weighted by Crippen LogP contribution is -2.29. The molecule has 1 aromatic heterocycles. The van der Waals surface area contributed by atoms with E-state index in [0.29, 0.717) is 12.4 Å². The molecule has 3 rings (SSSR count). The van der Waals surface area contributed by atoms with Crippen LogP contribution in [0.5, 0.6) is 5.75 Å². The Kier molecular flexibility index (Phi) is 3.85. The second-order valence-corrected chi connectivity index (χ2v) is 5.85. The fourth-order valence-corrected chi connectivity index (χ4v) is 2.25. The smallest absolute Gasteiger partial charge is 0.287 e. The van der Waals surface area contributed by atoms with Crippen molar-refractivity contribution in [3.05, 3.63) is 53.5 Å². The van der Waals surface area contributed by atoms with E-state index in [9.17, 15) is 9.90 Å². The highest BCUT2D eigenvalue weighted by molar-refractivity contribution is 5.92. The zero-order chi connectivity index (χ0) is 16.4. The molecule has 23 heavy (non-hydrogen) atoms. The number of benzene rings is 1. The van der Waals surface area contributed by atoms with Crippen LogP contribution in [0.25, 0.3) is 0 Å². The number of ether oxygens (including phenoxy) is 1. The van der Waals surface area contributed by atoms with E-state index >= 15 is 0 Å². The number of rotatable bonds is 2. The maximum Gasteiger partial charge on any atom is 0.287 e. The molecule has 0 aliphatic carbocycles. The average Bonchev–Trinajstić information content (AvgIpc) is 3.12.